The van der Waals surface area contributed by atoms with E-state index in [1.807, 2.05) is 0 Å². The first-order chi connectivity index (χ1) is 9.81. The maximum atomic E-state index is 4.62. The normalized spacial score (nSPS) is 18.1. The lowest BCUT2D eigenvalue weighted by Gasteiger charge is -2.23. The quantitative estimate of drug-likeness (QED) is 0.757. The highest BCUT2D eigenvalue weighted by molar-refractivity contribution is 7.11. The third-order valence-electron chi connectivity index (χ3n) is 3.62. The van der Waals surface area contributed by atoms with Gasteiger partial charge in [-0.05, 0) is 26.2 Å². The van der Waals surface area contributed by atoms with Gasteiger partial charge in [-0.25, -0.2) is 15.0 Å². The number of hydrogen-bond donors (Lipinski definition) is 2. The second kappa shape index (κ2) is 4.52. The minimum atomic E-state index is 0.290. The average molecular weight is 286 g/mol. The van der Waals surface area contributed by atoms with Crippen LogP contribution in [0.25, 0.3) is 11.0 Å². The number of H-pyrrole nitrogens is 1. The highest BCUT2D eigenvalue weighted by Gasteiger charge is 2.24. The molecule has 0 spiro atoms. The molecule has 4 rings (SSSR count). The zero-order valence-electron chi connectivity index (χ0n) is 11.1. The fraction of sp³-hybridized carbons (Fsp3) is 0.385. The van der Waals surface area contributed by atoms with Gasteiger partial charge in [-0.1, -0.05) is 0 Å². The van der Waals surface area contributed by atoms with Crippen LogP contribution in [0.2, 0.25) is 0 Å². The van der Waals surface area contributed by atoms with Gasteiger partial charge in [0, 0.05) is 0 Å². The molecule has 0 amide bonds. The van der Waals surface area contributed by atoms with Crippen molar-refractivity contribution in [1.82, 2.24) is 25.1 Å². The summed E-state index contributed by atoms with van der Waals surface area (Å²) in [5.41, 5.74) is 2.01. The summed E-state index contributed by atoms with van der Waals surface area (Å²) in [6.07, 6.45) is 6.68. The van der Waals surface area contributed by atoms with E-state index < -0.39 is 0 Å². The van der Waals surface area contributed by atoms with Crippen LogP contribution in [-0.4, -0.2) is 25.1 Å². The summed E-state index contributed by atoms with van der Waals surface area (Å²) in [5.74, 6) is 0.840. The van der Waals surface area contributed by atoms with E-state index in [1.165, 1.54) is 10.6 Å². The van der Waals surface area contributed by atoms with Crippen molar-refractivity contribution < 1.29 is 0 Å². The highest BCUT2D eigenvalue weighted by Crippen LogP contribution is 2.36. The molecule has 0 fully saturated rings. The van der Waals surface area contributed by atoms with Crippen molar-refractivity contribution >= 4 is 28.2 Å². The molecular weight excluding hydrogens is 272 g/mol. The van der Waals surface area contributed by atoms with Gasteiger partial charge >= 0.3 is 0 Å². The molecule has 0 aromatic carbocycles. The Hall–Kier alpha value is -2.02. The Bertz CT molecular complexity index is 761. The van der Waals surface area contributed by atoms with Crippen molar-refractivity contribution in [3.63, 3.8) is 0 Å². The molecule has 0 saturated carbocycles. The lowest BCUT2D eigenvalue weighted by atomic mass is 9.98. The van der Waals surface area contributed by atoms with Crippen LogP contribution < -0.4 is 5.32 Å². The number of aromatic amines is 1. The molecule has 3 aromatic rings. The molecule has 20 heavy (non-hydrogen) atoms. The number of fused-ring (bicyclic) bond motifs is 2. The van der Waals surface area contributed by atoms with E-state index >= 15 is 0 Å². The van der Waals surface area contributed by atoms with Crippen molar-refractivity contribution in [3.8, 4) is 0 Å². The summed E-state index contributed by atoms with van der Waals surface area (Å²) in [7, 11) is 0. The Morgan fingerprint density at radius 3 is 3.30 bits per heavy atom. The minimum absolute atomic E-state index is 0.290. The summed E-state index contributed by atoms with van der Waals surface area (Å²) in [5, 5.41) is 12.5. The molecule has 7 heteroatoms. The molecule has 102 valence electrons. The van der Waals surface area contributed by atoms with Crippen molar-refractivity contribution in [2.75, 3.05) is 5.32 Å². The molecule has 0 saturated heterocycles. The monoisotopic (exact) mass is 286 g/mol. The molecule has 1 atom stereocenters. The van der Waals surface area contributed by atoms with Crippen LogP contribution in [0.1, 0.15) is 34.5 Å². The lowest BCUT2D eigenvalue weighted by molar-refractivity contribution is 0.600. The number of nitrogens with one attached hydrogen (secondary N) is 2. The summed E-state index contributed by atoms with van der Waals surface area (Å²) < 4.78 is 0. The van der Waals surface area contributed by atoms with Gasteiger partial charge in [-0.3, -0.25) is 5.10 Å². The van der Waals surface area contributed by atoms with Gasteiger partial charge in [-0.15, -0.1) is 11.3 Å². The topological polar surface area (TPSA) is 79.4 Å². The lowest BCUT2D eigenvalue weighted by Crippen LogP contribution is -2.16. The Balaban J connectivity index is 1.71. The highest BCUT2D eigenvalue weighted by atomic mass is 32.1. The molecule has 3 heterocycles. The SMILES string of the molecule is Cc1nc2c(s1)C(Nc1ncnc3[nH]ncc13)CCC2. The van der Waals surface area contributed by atoms with Gasteiger partial charge < -0.3 is 5.32 Å². The summed E-state index contributed by atoms with van der Waals surface area (Å²) in [6, 6.07) is 0.290. The van der Waals surface area contributed by atoms with Crippen LogP contribution in [0.5, 0.6) is 0 Å². The zero-order chi connectivity index (χ0) is 13.5. The van der Waals surface area contributed by atoms with E-state index in [0.717, 1.165) is 41.1 Å². The number of aryl methyl sites for hydroxylation is 2. The third-order valence-corrected chi connectivity index (χ3v) is 4.74. The molecule has 0 aliphatic heterocycles. The standard InChI is InChI=1S/C13H14N6S/c1-7-17-9-3-2-4-10(11(9)20-7)18-12-8-5-16-19-13(8)15-6-14-12/h5-6,10H,2-4H2,1H3,(H2,14,15,16,18,19). The van der Waals surface area contributed by atoms with E-state index in [2.05, 4.69) is 37.4 Å². The van der Waals surface area contributed by atoms with Gasteiger partial charge in [-0.2, -0.15) is 5.10 Å². The third kappa shape index (κ3) is 1.85. The number of anilines is 1. The van der Waals surface area contributed by atoms with Gasteiger partial charge in [0.1, 0.15) is 12.1 Å². The fourth-order valence-corrected chi connectivity index (χ4v) is 3.78. The Labute approximate surface area is 119 Å². The zero-order valence-corrected chi connectivity index (χ0v) is 11.9. The number of hydrogen-bond acceptors (Lipinski definition) is 6. The van der Waals surface area contributed by atoms with Crippen molar-refractivity contribution in [2.45, 2.75) is 32.2 Å². The number of thiazole rings is 1. The second-order valence-corrected chi connectivity index (χ2v) is 6.22. The van der Waals surface area contributed by atoms with Gasteiger partial charge in [0.2, 0.25) is 0 Å². The maximum absolute atomic E-state index is 4.62. The first-order valence-corrected chi connectivity index (χ1v) is 7.50. The summed E-state index contributed by atoms with van der Waals surface area (Å²) in [6.45, 7) is 2.07. The fourth-order valence-electron chi connectivity index (χ4n) is 2.72. The van der Waals surface area contributed by atoms with Crippen molar-refractivity contribution in [3.05, 3.63) is 28.1 Å². The smallest absolute Gasteiger partial charge is 0.160 e. The van der Waals surface area contributed by atoms with E-state index in [4.69, 9.17) is 0 Å². The van der Waals surface area contributed by atoms with Crippen molar-refractivity contribution in [1.29, 1.82) is 0 Å². The van der Waals surface area contributed by atoms with E-state index in [0.29, 0.717) is 0 Å². The molecule has 3 aromatic heterocycles. The predicted molar refractivity (Wildman–Crippen MR) is 77.8 cm³/mol. The molecule has 1 aliphatic carbocycles. The van der Waals surface area contributed by atoms with Crippen molar-refractivity contribution in [2.24, 2.45) is 0 Å². The molecule has 1 aliphatic rings. The van der Waals surface area contributed by atoms with Gasteiger partial charge in [0.25, 0.3) is 0 Å². The molecule has 1 unspecified atom stereocenters. The van der Waals surface area contributed by atoms with Crippen LogP contribution >= 0.6 is 11.3 Å². The van der Waals surface area contributed by atoms with Crippen LogP contribution in [0.3, 0.4) is 0 Å². The van der Waals surface area contributed by atoms with Gasteiger partial charge in [0.15, 0.2) is 5.65 Å². The molecule has 2 N–H and O–H groups in total. The number of rotatable bonds is 2. The average Bonchev–Trinajstić information content (AvgIpc) is 3.05. The van der Waals surface area contributed by atoms with Crippen LogP contribution in [-0.2, 0) is 6.42 Å². The van der Waals surface area contributed by atoms with E-state index in [9.17, 15) is 0 Å². The largest absolute Gasteiger partial charge is 0.362 e. The maximum Gasteiger partial charge on any atom is 0.160 e. The molecular formula is C13H14N6S. The predicted octanol–water partition coefficient (Wildman–Crippen LogP) is 2.61. The first-order valence-electron chi connectivity index (χ1n) is 6.68. The molecule has 0 bridgehead atoms. The second-order valence-electron chi connectivity index (χ2n) is 4.99. The van der Waals surface area contributed by atoms with Gasteiger partial charge in [0.05, 0.1) is 33.2 Å². The van der Waals surface area contributed by atoms with Crippen LogP contribution in [0, 0.1) is 6.92 Å². The molecule has 6 nitrogen and oxygen atoms in total. The summed E-state index contributed by atoms with van der Waals surface area (Å²) in [4.78, 5) is 14.5. The van der Waals surface area contributed by atoms with E-state index in [1.54, 1.807) is 23.9 Å². The van der Waals surface area contributed by atoms with Crippen LogP contribution in [0.15, 0.2) is 12.5 Å². The van der Waals surface area contributed by atoms with Crippen LogP contribution in [0.4, 0.5) is 5.82 Å². The van der Waals surface area contributed by atoms with E-state index in [-0.39, 0.29) is 6.04 Å². The Morgan fingerprint density at radius 2 is 2.35 bits per heavy atom. The Morgan fingerprint density at radius 1 is 1.40 bits per heavy atom. The minimum Gasteiger partial charge on any atom is -0.362 e. The number of nitrogens with zero attached hydrogens (tertiary/aromatic N) is 4. The summed E-state index contributed by atoms with van der Waals surface area (Å²) >= 11 is 1.78. The molecule has 0 radical (unpaired) electrons. The number of aromatic nitrogens is 5. The Kier molecular flexibility index (Phi) is 2.66. The first kappa shape index (κ1) is 11.8.